The van der Waals surface area contributed by atoms with Crippen LogP contribution in [-0.4, -0.2) is 14.7 Å². The van der Waals surface area contributed by atoms with Crippen molar-refractivity contribution >= 4 is 9.84 Å². The molecule has 0 atom stereocenters. The summed E-state index contributed by atoms with van der Waals surface area (Å²) in [6.07, 6.45) is 5.64. The molecule has 0 aromatic heterocycles. The highest BCUT2D eigenvalue weighted by Crippen LogP contribution is 2.18. The average molecular weight is 173 g/mol. The predicted octanol–water partition coefficient (Wildman–Crippen LogP) is 0.551. The normalized spacial score (nSPS) is 19.0. The molecule has 62 valence electrons. The van der Waals surface area contributed by atoms with Crippen LogP contribution < -0.4 is 5.73 Å². The van der Waals surface area contributed by atoms with E-state index in [1.54, 1.807) is 12.2 Å². The summed E-state index contributed by atoms with van der Waals surface area (Å²) < 4.78 is 21.9. The monoisotopic (exact) mass is 173 g/mol. The van der Waals surface area contributed by atoms with E-state index in [-0.39, 0.29) is 0 Å². The number of rotatable bonds is 1. The quantitative estimate of drug-likeness (QED) is 0.630. The minimum atomic E-state index is -2.99. The van der Waals surface area contributed by atoms with Gasteiger partial charge in [-0.2, -0.15) is 0 Å². The molecule has 0 aromatic rings. The van der Waals surface area contributed by atoms with E-state index >= 15 is 0 Å². The predicted molar refractivity (Wildman–Crippen MR) is 44.4 cm³/mol. The van der Waals surface area contributed by atoms with E-state index in [9.17, 15) is 8.42 Å². The number of hydrogen-bond acceptors (Lipinski definition) is 3. The van der Waals surface area contributed by atoms with Crippen LogP contribution in [0.1, 0.15) is 12.8 Å². The van der Waals surface area contributed by atoms with E-state index in [2.05, 4.69) is 0 Å². The minimum Gasteiger partial charge on any atom is -0.402 e. The summed E-state index contributed by atoms with van der Waals surface area (Å²) in [5.74, 6) is 0. The summed E-state index contributed by atoms with van der Waals surface area (Å²) >= 11 is 0. The van der Waals surface area contributed by atoms with Gasteiger partial charge in [-0.25, -0.2) is 8.42 Å². The highest BCUT2D eigenvalue weighted by molar-refractivity contribution is 7.94. The van der Waals surface area contributed by atoms with Gasteiger partial charge >= 0.3 is 0 Å². The molecule has 0 aromatic carbocycles. The van der Waals surface area contributed by atoms with Crippen LogP contribution >= 0.6 is 0 Å². The second-order valence-corrected chi connectivity index (χ2v) is 4.72. The van der Waals surface area contributed by atoms with Crippen molar-refractivity contribution in [2.45, 2.75) is 12.8 Å². The first kappa shape index (κ1) is 8.33. The van der Waals surface area contributed by atoms with Gasteiger partial charge in [0.15, 0.2) is 9.84 Å². The number of sulfone groups is 1. The maximum absolute atomic E-state index is 11.0. The molecule has 0 saturated carbocycles. The zero-order valence-corrected chi connectivity index (χ0v) is 7.19. The first-order valence-corrected chi connectivity index (χ1v) is 5.24. The van der Waals surface area contributed by atoms with E-state index in [0.717, 1.165) is 5.70 Å². The van der Waals surface area contributed by atoms with Gasteiger partial charge in [-0.1, -0.05) is 0 Å². The van der Waals surface area contributed by atoms with Gasteiger partial charge < -0.3 is 5.73 Å². The molecule has 4 heteroatoms. The Morgan fingerprint density at radius 3 is 2.36 bits per heavy atom. The van der Waals surface area contributed by atoms with Crippen LogP contribution in [0.4, 0.5) is 0 Å². The lowest BCUT2D eigenvalue weighted by molar-refractivity contribution is 0.605. The van der Waals surface area contributed by atoms with Crippen molar-refractivity contribution in [2.24, 2.45) is 5.73 Å². The molecule has 11 heavy (non-hydrogen) atoms. The van der Waals surface area contributed by atoms with Gasteiger partial charge in [-0.05, 0) is 25.0 Å². The molecule has 1 aliphatic carbocycles. The standard InChI is InChI=1S/C7H11NO2S/c1-11(9,10)7-4-2-6(8)3-5-7/h2,4H,3,5,8H2,1H3. The van der Waals surface area contributed by atoms with Crippen molar-refractivity contribution in [1.82, 2.24) is 0 Å². The maximum atomic E-state index is 11.0. The second kappa shape index (κ2) is 2.70. The van der Waals surface area contributed by atoms with Crippen LogP contribution in [0.25, 0.3) is 0 Å². The fraction of sp³-hybridized carbons (Fsp3) is 0.429. The second-order valence-electron chi connectivity index (χ2n) is 2.65. The van der Waals surface area contributed by atoms with Gasteiger partial charge in [0.25, 0.3) is 0 Å². The summed E-state index contributed by atoms with van der Waals surface area (Å²) in [5.41, 5.74) is 6.21. The van der Waals surface area contributed by atoms with Crippen molar-refractivity contribution < 1.29 is 8.42 Å². The Balaban J connectivity index is 2.95. The number of hydrogen-bond donors (Lipinski definition) is 1. The Bertz CT molecular complexity index is 311. The van der Waals surface area contributed by atoms with Crippen molar-refractivity contribution in [2.75, 3.05) is 6.26 Å². The topological polar surface area (TPSA) is 60.2 Å². The van der Waals surface area contributed by atoms with Crippen LogP contribution in [-0.2, 0) is 9.84 Å². The van der Waals surface area contributed by atoms with Crippen LogP contribution in [0.5, 0.6) is 0 Å². The lowest BCUT2D eigenvalue weighted by atomic mass is 10.1. The first-order chi connectivity index (χ1) is 5.00. The highest BCUT2D eigenvalue weighted by atomic mass is 32.2. The molecule has 1 rings (SSSR count). The van der Waals surface area contributed by atoms with Crippen molar-refractivity contribution in [1.29, 1.82) is 0 Å². The Kier molecular flexibility index (Phi) is 2.04. The molecule has 0 saturated heterocycles. The average Bonchev–Trinajstić information content (AvgIpc) is 1.86. The van der Waals surface area contributed by atoms with Gasteiger partial charge in [-0.3, -0.25) is 0 Å². The third-order valence-electron chi connectivity index (χ3n) is 1.62. The molecule has 2 N–H and O–H groups in total. The van der Waals surface area contributed by atoms with Gasteiger partial charge in [0.2, 0.25) is 0 Å². The summed E-state index contributed by atoms with van der Waals surface area (Å²) in [6.45, 7) is 0. The summed E-state index contributed by atoms with van der Waals surface area (Å²) in [4.78, 5) is 0.478. The van der Waals surface area contributed by atoms with Gasteiger partial charge in [-0.15, -0.1) is 0 Å². The van der Waals surface area contributed by atoms with E-state index in [1.165, 1.54) is 6.26 Å². The molecule has 3 nitrogen and oxygen atoms in total. The fourth-order valence-electron chi connectivity index (χ4n) is 0.943. The van der Waals surface area contributed by atoms with Crippen LogP contribution in [0.15, 0.2) is 22.8 Å². The molecule has 0 bridgehead atoms. The highest BCUT2D eigenvalue weighted by Gasteiger charge is 2.12. The fourth-order valence-corrected chi connectivity index (χ4v) is 1.73. The van der Waals surface area contributed by atoms with Gasteiger partial charge in [0.1, 0.15) is 0 Å². The molecule has 1 aliphatic rings. The van der Waals surface area contributed by atoms with E-state index in [0.29, 0.717) is 17.7 Å². The van der Waals surface area contributed by atoms with Crippen molar-refractivity contribution in [3.63, 3.8) is 0 Å². The van der Waals surface area contributed by atoms with Gasteiger partial charge in [0, 0.05) is 16.9 Å². The smallest absolute Gasteiger partial charge is 0.171 e. The summed E-state index contributed by atoms with van der Waals surface area (Å²) in [6, 6.07) is 0. The molecule has 0 unspecified atom stereocenters. The molecule has 0 heterocycles. The van der Waals surface area contributed by atoms with Gasteiger partial charge in [0.05, 0.1) is 0 Å². The zero-order chi connectivity index (χ0) is 8.48. The molecule has 0 amide bonds. The van der Waals surface area contributed by atoms with Crippen LogP contribution in [0, 0.1) is 0 Å². The van der Waals surface area contributed by atoms with E-state index in [4.69, 9.17) is 5.73 Å². The number of nitrogens with two attached hydrogens (primary N) is 1. The van der Waals surface area contributed by atoms with E-state index < -0.39 is 9.84 Å². The Labute approximate surface area is 66.5 Å². The molecule has 0 fully saturated rings. The molecular weight excluding hydrogens is 162 g/mol. The summed E-state index contributed by atoms with van der Waals surface area (Å²) in [7, 11) is -2.99. The third-order valence-corrected chi connectivity index (χ3v) is 2.91. The third kappa shape index (κ3) is 2.08. The van der Waals surface area contributed by atoms with E-state index in [1.807, 2.05) is 0 Å². The lowest BCUT2D eigenvalue weighted by Crippen LogP contribution is -2.07. The Morgan fingerprint density at radius 2 is 2.00 bits per heavy atom. The molecule has 0 spiro atoms. The summed E-state index contributed by atoms with van der Waals surface area (Å²) in [5, 5.41) is 0. The molecule has 0 radical (unpaired) electrons. The Morgan fingerprint density at radius 1 is 1.36 bits per heavy atom. The van der Waals surface area contributed by atoms with Crippen LogP contribution in [0.2, 0.25) is 0 Å². The zero-order valence-electron chi connectivity index (χ0n) is 6.37. The molecule has 0 aliphatic heterocycles. The number of allylic oxidation sites excluding steroid dienone is 4. The first-order valence-electron chi connectivity index (χ1n) is 3.35. The maximum Gasteiger partial charge on any atom is 0.171 e. The van der Waals surface area contributed by atoms with Crippen LogP contribution in [0.3, 0.4) is 0 Å². The van der Waals surface area contributed by atoms with Crippen molar-refractivity contribution in [3.8, 4) is 0 Å². The van der Waals surface area contributed by atoms with Crippen molar-refractivity contribution in [3.05, 3.63) is 22.8 Å². The lowest BCUT2D eigenvalue weighted by Gasteiger charge is -2.09. The minimum absolute atomic E-state index is 0.478. The SMILES string of the molecule is CS(=O)(=O)C1=CC=C(N)CC1. The molecular formula is C7H11NO2S. The Hall–Kier alpha value is -0.770. The largest absolute Gasteiger partial charge is 0.402 e.